The van der Waals surface area contributed by atoms with E-state index in [2.05, 4.69) is 4.90 Å². The molecule has 5 nitrogen and oxygen atoms in total. The van der Waals surface area contributed by atoms with E-state index in [1.165, 1.54) is 0 Å². The summed E-state index contributed by atoms with van der Waals surface area (Å²) in [7, 11) is 0. The van der Waals surface area contributed by atoms with E-state index in [1.807, 2.05) is 19.1 Å². The van der Waals surface area contributed by atoms with Gasteiger partial charge in [-0.15, -0.1) is 0 Å². The summed E-state index contributed by atoms with van der Waals surface area (Å²) in [6.07, 6.45) is 0.773. The van der Waals surface area contributed by atoms with Crippen LogP contribution in [0.3, 0.4) is 0 Å². The minimum absolute atomic E-state index is 0.253. The van der Waals surface area contributed by atoms with Gasteiger partial charge in [-0.1, -0.05) is 12.1 Å². The van der Waals surface area contributed by atoms with Gasteiger partial charge >= 0.3 is 5.97 Å². The molecule has 0 spiro atoms. The molecule has 1 fully saturated rings. The van der Waals surface area contributed by atoms with Gasteiger partial charge < -0.3 is 10.8 Å². The first kappa shape index (κ1) is 13.5. The minimum atomic E-state index is -0.922. The van der Waals surface area contributed by atoms with E-state index in [4.69, 9.17) is 10.8 Å². The number of carbonyl (C=O) groups excluding carboxylic acids is 1. The minimum Gasteiger partial charge on any atom is -0.478 e. The Balaban J connectivity index is 1.99. The molecule has 0 aliphatic carbocycles. The summed E-state index contributed by atoms with van der Waals surface area (Å²) in [4.78, 5) is 24.3. The third kappa shape index (κ3) is 2.93. The van der Waals surface area contributed by atoms with Crippen LogP contribution >= 0.6 is 0 Å². The van der Waals surface area contributed by atoms with E-state index in [1.54, 1.807) is 12.1 Å². The Bertz CT molecular complexity index is 498. The van der Waals surface area contributed by atoms with Crippen molar-refractivity contribution < 1.29 is 14.7 Å². The summed E-state index contributed by atoms with van der Waals surface area (Å²) >= 11 is 0. The van der Waals surface area contributed by atoms with Gasteiger partial charge in [0.2, 0.25) is 5.91 Å². The zero-order chi connectivity index (χ0) is 14.0. The molecular weight excluding hydrogens is 244 g/mol. The number of hydrogen-bond acceptors (Lipinski definition) is 3. The molecule has 1 aromatic rings. The topological polar surface area (TPSA) is 83.6 Å². The fraction of sp³-hybridized carbons (Fsp3) is 0.429. The predicted molar refractivity (Wildman–Crippen MR) is 70.6 cm³/mol. The molecule has 1 amide bonds. The number of nitrogens with two attached hydrogens (primary N) is 1. The first-order chi connectivity index (χ1) is 8.90. The second-order valence-corrected chi connectivity index (χ2v) is 5.39. The maximum absolute atomic E-state index is 11.4. The fourth-order valence-electron chi connectivity index (χ4n) is 2.40. The highest BCUT2D eigenvalue weighted by Gasteiger charge is 2.38. The van der Waals surface area contributed by atoms with E-state index >= 15 is 0 Å². The van der Waals surface area contributed by atoms with Gasteiger partial charge in [-0.2, -0.15) is 0 Å². The van der Waals surface area contributed by atoms with E-state index < -0.39 is 11.4 Å². The number of benzene rings is 1. The molecule has 5 heteroatoms. The molecule has 1 unspecified atom stereocenters. The van der Waals surface area contributed by atoms with Gasteiger partial charge in [0.25, 0.3) is 0 Å². The average molecular weight is 262 g/mol. The number of aromatic carboxylic acids is 1. The molecule has 0 saturated carbocycles. The molecular formula is C14H18N2O3. The van der Waals surface area contributed by atoms with Gasteiger partial charge in [0.15, 0.2) is 0 Å². The van der Waals surface area contributed by atoms with E-state index in [0.29, 0.717) is 13.1 Å². The van der Waals surface area contributed by atoms with Crippen molar-refractivity contribution in [1.82, 2.24) is 4.90 Å². The molecule has 0 radical (unpaired) electrons. The van der Waals surface area contributed by atoms with Crippen LogP contribution in [0.2, 0.25) is 0 Å². The lowest BCUT2D eigenvalue weighted by molar-refractivity contribution is -0.126. The van der Waals surface area contributed by atoms with Crippen molar-refractivity contribution in [3.8, 4) is 0 Å². The predicted octanol–water partition coefficient (Wildman–Crippen LogP) is 1.08. The van der Waals surface area contributed by atoms with Crippen molar-refractivity contribution in [2.75, 3.05) is 13.1 Å². The van der Waals surface area contributed by atoms with Crippen molar-refractivity contribution in [2.24, 2.45) is 11.1 Å². The summed E-state index contributed by atoms with van der Waals surface area (Å²) in [5.41, 5.74) is 6.29. The monoisotopic (exact) mass is 262 g/mol. The highest BCUT2D eigenvalue weighted by molar-refractivity contribution is 5.87. The molecule has 1 heterocycles. The maximum atomic E-state index is 11.4. The zero-order valence-electron chi connectivity index (χ0n) is 10.9. The van der Waals surface area contributed by atoms with Crippen LogP contribution in [0, 0.1) is 5.41 Å². The van der Waals surface area contributed by atoms with Crippen LogP contribution in [0.1, 0.15) is 29.3 Å². The standard InChI is InChI=1S/C14H18N2O3/c1-14(13(15)19)6-7-16(9-14)8-10-2-4-11(5-3-10)12(17)18/h2-5H,6-9H2,1H3,(H2,15,19)(H,17,18). The van der Waals surface area contributed by atoms with Gasteiger partial charge in [0, 0.05) is 13.1 Å². The lowest BCUT2D eigenvalue weighted by Gasteiger charge is -2.21. The highest BCUT2D eigenvalue weighted by atomic mass is 16.4. The molecule has 1 saturated heterocycles. The van der Waals surface area contributed by atoms with Crippen LogP contribution in [0.15, 0.2) is 24.3 Å². The Kier molecular flexibility index (Phi) is 3.57. The molecule has 0 bridgehead atoms. The molecule has 0 aromatic heterocycles. The van der Waals surface area contributed by atoms with Crippen molar-refractivity contribution >= 4 is 11.9 Å². The van der Waals surface area contributed by atoms with Crippen LogP contribution in [-0.2, 0) is 11.3 Å². The number of primary amides is 1. The average Bonchev–Trinajstić information content (AvgIpc) is 2.73. The highest BCUT2D eigenvalue weighted by Crippen LogP contribution is 2.30. The molecule has 1 aliphatic heterocycles. The smallest absolute Gasteiger partial charge is 0.335 e. The number of carboxylic acids is 1. The number of carboxylic acid groups (broad SMARTS) is 1. The number of hydrogen-bond donors (Lipinski definition) is 2. The summed E-state index contributed by atoms with van der Waals surface area (Å²) in [6, 6.07) is 6.81. The van der Waals surface area contributed by atoms with Crippen LogP contribution in [0.25, 0.3) is 0 Å². The molecule has 19 heavy (non-hydrogen) atoms. The van der Waals surface area contributed by atoms with E-state index in [-0.39, 0.29) is 11.5 Å². The Morgan fingerprint density at radius 1 is 1.37 bits per heavy atom. The second kappa shape index (κ2) is 5.01. The molecule has 1 aromatic carbocycles. The quantitative estimate of drug-likeness (QED) is 0.850. The first-order valence-electron chi connectivity index (χ1n) is 6.25. The van der Waals surface area contributed by atoms with Gasteiger partial charge in [0.05, 0.1) is 11.0 Å². The molecule has 2 rings (SSSR count). The van der Waals surface area contributed by atoms with Gasteiger partial charge in [-0.3, -0.25) is 9.69 Å². The van der Waals surface area contributed by atoms with Crippen molar-refractivity contribution in [3.63, 3.8) is 0 Å². The third-order valence-electron chi connectivity index (χ3n) is 3.75. The summed E-state index contributed by atoms with van der Waals surface area (Å²) in [6.45, 7) is 4.09. The number of carbonyl (C=O) groups is 2. The Hall–Kier alpha value is -1.88. The lowest BCUT2D eigenvalue weighted by atomic mass is 9.89. The SMILES string of the molecule is CC1(C(N)=O)CCN(Cc2ccc(C(=O)O)cc2)C1. The maximum Gasteiger partial charge on any atom is 0.335 e. The van der Waals surface area contributed by atoms with Crippen molar-refractivity contribution in [1.29, 1.82) is 0 Å². The Morgan fingerprint density at radius 3 is 2.47 bits per heavy atom. The third-order valence-corrected chi connectivity index (χ3v) is 3.75. The van der Waals surface area contributed by atoms with Crippen LogP contribution < -0.4 is 5.73 Å². The Morgan fingerprint density at radius 2 is 2.00 bits per heavy atom. The van der Waals surface area contributed by atoms with E-state index in [0.717, 1.165) is 18.5 Å². The zero-order valence-corrected chi connectivity index (χ0v) is 10.9. The van der Waals surface area contributed by atoms with Crippen molar-refractivity contribution in [2.45, 2.75) is 19.9 Å². The normalized spacial score (nSPS) is 23.4. The van der Waals surface area contributed by atoms with Crippen molar-refractivity contribution in [3.05, 3.63) is 35.4 Å². The number of rotatable bonds is 4. The lowest BCUT2D eigenvalue weighted by Crippen LogP contribution is -2.36. The van der Waals surface area contributed by atoms with E-state index in [9.17, 15) is 9.59 Å². The number of nitrogens with zero attached hydrogens (tertiary/aromatic N) is 1. The summed E-state index contributed by atoms with van der Waals surface area (Å²) in [5, 5.41) is 8.83. The number of likely N-dealkylation sites (tertiary alicyclic amines) is 1. The van der Waals surface area contributed by atoms with Crippen LogP contribution in [0.4, 0.5) is 0 Å². The summed E-state index contributed by atoms with van der Waals surface area (Å²) < 4.78 is 0. The molecule has 1 aliphatic rings. The molecule has 102 valence electrons. The largest absolute Gasteiger partial charge is 0.478 e. The first-order valence-corrected chi connectivity index (χ1v) is 6.25. The second-order valence-electron chi connectivity index (χ2n) is 5.39. The van der Waals surface area contributed by atoms with Crippen LogP contribution in [0.5, 0.6) is 0 Å². The Labute approximate surface area is 112 Å². The van der Waals surface area contributed by atoms with Gasteiger partial charge in [0.1, 0.15) is 0 Å². The molecule has 1 atom stereocenters. The number of amides is 1. The summed E-state index contributed by atoms with van der Waals surface area (Å²) in [5.74, 6) is -1.18. The fourth-order valence-corrected chi connectivity index (χ4v) is 2.40. The van der Waals surface area contributed by atoms with Gasteiger partial charge in [-0.05, 0) is 37.6 Å². The molecule has 3 N–H and O–H groups in total. The van der Waals surface area contributed by atoms with Gasteiger partial charge in [-0.25, -0.2) is 4.79 Å². The van der Waals surface area contributed by atoms with Crippen LogP contribution in [-0.4, -0.2) is 35.0 Å².